The van der Waals surface area contributed by atoms with Gasteiger partial charge in [-0.15, -0.1) is 0 Å². The lowest BCUT2D eigenvalue weighted by molar-refractivity contribution is -0.153. The normalized spacial score (nSPS) is 25.7. The molecule has 2 bridgehead atoms. The molecule has 142 valence electrons. The number of benzene rings is 1. The summed E-state index contributed by atoms with van der Waals surface area (Å²) in [5.41, 5.74) is 0.671. The van der Waals surface area contributed by atoms with Crippen LogP contribution in [-0.4, -0.2) is 24.5 Å². The minimum absolute atomic E-state index is 0.0114. The van der Waals surface area contributed by atoms with Crippen LogP contribution in [0.4, 0.5) is 13.2 Å². The molecule has 3 rings (SSSR count). The first-order valence-electron chi connectivity index (χ1n) is 8.92. The summed E-state index contributed by atoms with van der Waals surface area (Å²) in [6, 6.07) is 6.26. The zero-order chi connectivity index (χ0) is 18.7. The molecule has 1 aromatic carbocycles. The average molecular weight is 369 g/mol. The molecule has 2 fully saturated rings. The van der Waals surface area contributed by atoms with Gasteiger partial charge in [0.2, 0.25) is 5.91 Å². The third kappa shape index (κ3) is 4.77. The second kappa shape index (κ2) is 7.68. The molecule has 0 aromatic heterocycles. The second-order valence-corrected chi connectivity index (χ2v) is 7.16. The van der Waals surface area contributed by atoms with Crippen LogP contribution in [0.1, 0.15) is 37.7 Å². The molecule has 0 heterocycles. The van der Waals surface area contributed by atoms with Crippen molar-refractivity contribution < 1.29 is 27.5 Å². The Balaban J connectivity index is 1.52. The molecule has 7 heteroatoms. The monoisotopic (exact) mass is 369 g/mol. The van der Waals surface area contributed by atoms with E-state index in [1.165, 1.54) is 12.1 Å². The van der Waals surface area contributed by atoms with Crippen molar-refractivity contribution in [2.45, 2.75) is 44.8 Å². The van der Waals surface area contributed by atoms with Crippen molar-refractivity contribution in [3.8, 4) is 5.75 Å². The standard InChI is InChI=1S/C19H22F3NO3/c20-19(21,22)11-26-16-6-1-3-12(7-16)10-23-18(25)15-8-13-4-2-5-14(9-15)17(13)24/h1,3,6-7,13-15H,2,4-5,8-11H2,(H,23,25). The first-order chi connectivity index (χ1) is 12.3. The molecule has 26 heavy (non-hydrogen) atoms. The van der Waals surface area contributed by atoms with Crippen LogP contribution >= 0.6 is 0 Å². The van der Waals surface area contributed by atoms with Crippen molar-refractivity contribution >= 4 is 11.7 Å². The molecule has 0 aliphatic heterocycles. The first-order valence-corrected chi connectivity index (χ1v) is 8.92. The van der Waals surface area contributed by atoms with Crippen LogP contribution in [0.2, 0.25) is 0 Å². The number of ketones is 1. The molecule has 0 radical (unpaired) electrons. The molecular weight excluding hydrogens is 347 g/mol. The van der Waals surface area contributed by atoms with Crippen molar-refractivity contribution in [1.29, 1.82) is 0 Å². The zero-order valence-corrected chi connectivity index (χ0v) is 14.3. The van der Waals surface area contributed by atoms with E-state index >= 15 is 0 Å². The predicted octanol–water partition coefficient (Wildman–Crippen LogP) is 3.64. The van der Waals surface area contributed by atoms with Gasteiger partial charge in [-0.2, -0.15) is 13.2 Å². The van der Waals surface area contributed by atoms with Gasteiger partial charge in [-0.25, -0.2) is 0 Å². The summed E-state index contributed by atoms with van der Waals surface area (Å²) in [4.78, 5) is 24.5. The predicted molar refractivity (Wildman–Crippen MR) is 88.4 cm³/mol. The maximum absolute atomic E-state index is 12.4. The molecule has 0 spiro atoms. The number of hydrogen-bond acceptors (Lipinski definition) is 3. The lowest BCUT2D eigenvalue weighted by Crippen LogP contribution is -2.42. The van der Waals surface area contributed by atoms with E-state index in [2.05, 4.69) is 5.32 Å². The van der Waals surface area contributed by atoms with E-state index in [-0.39, 0.29) is 36.0 Å². The summed E-state index contributed by atoms with van der Waals surface area (Å²) in [6.07, 6.45) is -0.373. The summed E-state index contributed by atoms with van der Waals surface area (Å²) in [5, 5.41) is 2.84. The minimum Gasteiger partial charge on any atom is -0.484 e. The fourth-order valence-corrected chi connectivity index (χ4v) is 3.94. The Labute approximate surface area is 150 Å². The highest BCUT2D eigenvalue weighted by molar-refractivity contribution is 5.88. The lowest BCUT2D eigenvalue weighted by Gasteiger charge is -2.36. The number of nitrogens with one attached hydrogen (secondary N) is 1. The fraction of sp³-hybridized carbons (Fsp3) is 0.579. The molecule has 2 saturated carbocycles. The van der Waals surface area contributed by atoms with Crippen LogP contribution in [0.5, 0.6) is 5.75 Å². The highest BCUT2D eigenvalue weighted by Gasteiger charge is 2.41. The molecule has 1 aromatic rings. The van der Waals surface area contributed by atoms with Crippen molar-refractivity contribution in [2.24, 2.45) is 17.8 Å². The zero-order valence-electron chi connectivity index (χ0n) is 14.3. The van der Waals surface area contributed by atoms with Gasteiger partial charge in [0, 0.05) is 24.3 Å². The van der Waals surface area contributed by atoms with E-state index < -0.39 is 12.8 Å². The largest absolute Gasteiger partial charge is 0.484 e. The molecule has 2 unspecified atom stereocenters. The van der Waals surface area contributed by atoms with Crippen molar-refractivity contribution in [3.63, 3.8) is 0 Å². The van der Waals surface area contributed by atoms with Crippen molar-refractivity contribution in [2.75, 3.05) is 6.61 Å². The van der Waals surface area contributed by atoms with E-state index in [4.69, 9.17) is 4.74 Å². The van der Waals surface area contributed by atoms with Crippen LogP contribution in [0.3, 0.4) is 0 Å². The minimum atomic E-state index is -4.39. The Morgan fingerprint density at radius 3 is 2.54 bits per heavy atom. The number of carbonyl (C=O) groups excluding carboxylic acids is 2. The van der Waals surface area contributed by atoms with Gasteiger partial charge >= 0.3 is 6.18 Å². The number of rotatable bonds is 5. The molecule has 4 nitrogen and oxygen atoms in total. The number of halogens is 3. The highest BCUT2D eigenvalue weighted by atomic mass is 19.4. The van der Waals surface area contributed by atoms with Gasteiger partial charge in [0.25, 0.3) is 0 Å². The van der Waals surface area contributed by atoms with Crippen LogP contribution in [0.25, 0.3) is 0 Å². The van der Waals surface area contributed by atoms with Crippen molar-refractivity contribution in [3.05, 3.63) is 29.8 Å². The summed E-state index contributed by atoms with van der Waals surface area (Å²) in [7, 11) is 0. The van der Waals surface area contributed by atoms with E-state index in [0.29, 0.717) is 24.2 Å². The maximum Gasteiger partial charge on any atom is 0.422 e. The number of fused-ring (bicyclic) bond motifs is 2. The lowest BCUT2D eigenvalue weighted by atomic mass is 9.67. The third-order valence-corrected chi connectivity index (χ3v) is 5.19. The highest BCUT2D eigenvalue weighted by Crippen LogP contribution is 2.40. The fourth-order valence-electron chi connectivity index (χ4n) is 3.94. The number of amides is 1. The number of hydrogen-bond donors (Lipinski definition) is 1. The Morgan fingerprint density at radius 1 is 1.19 bits per heavy atom. The molecule has 2 aliphatic rings. The van der Waals surface area contributed by atoms with Gasteiger partial charge in [0.15, 0.2) is 6.61 Å². The maximum atomic E-state index is 12.4. The average Bonchev–Trinajstić information content (AvgIpc) is 2.57. The molecule has 1 N–H and O–H groups in total. The summed E-state index contributed by atoms with van der Waals surface area (Å²) < 4.78 is 41.4. The van der Waals surface area contributed by atoms with E-state index in [1.807, 2.05) is 0 Å². The van der Waals surface area contributed by atoms with Gasteiger partial charge in [-0.1, -0.05) is 18.6 Å². The SMILES string of the molecule is O=C(NCc1cccc(OCC(F)(F)F)c1)C1CC2CCCC(C1)C2=O. The number of alkyl halides is 3. The Hall–Kier alpha value is -2.05. The quantitative estimate of drug-likeness (QED) is 0.862. The molecule has 0 saturated heterocycles. The molecule has 2 atom stereocenters. The van der Waals surface area contributed by atoms with E-state index in [1.54, 1.807) is 12.1 Å². The summed E-state index contributed by atoms with van der Waals surface area (Å²) >= 11 is 0. The number of Topliss-reactive ketones (excluding diaryl/α,β-unsaturated/α-hetero) is 1. The van der Waals surface area contributed by atoms with Crippen LogP contribution < -0.4 is 10.1 Å². The number of carbonyl (C=O) groups is 2. The molecule has 2 aliphatic carbocycles. The third-order valence-electron chi connectivity index (χ3n) is 5.19. The van der Waals surface area contributed by atoms with Gasteiger partial charge in [0.1, 0.15) is 11.5 Å². The Kier molecular flexibility index (Phi) is 5.53. The Morgan fingerprint density at radius 2 is 1.88 bits per heavy atom. The summed E-state index contributed by atoms with van der Waals surface area (Å²) in [5.74, 6) is 0.208. The smallest absolute Gasteiger partial charge is 0.422 e. The van der Waals surface area contributed by atoms with Gasteiger partial charge in [-0.3, -0.25) is 9.59 Å². The van der Waals surface area contributed by atoms with Crippen LogP contribution in [-0.2, 0) is 16.1 Å². The second-order valence-electron chi connectivity index (χ2n) is 7.16. The van der Waals surface area contributed by atoms with E-state index in [9.17, 15) is 22.8 Å². The van der Waals surface area contributed by atoms with Crippen LogP contribution in [0, 0.1) is 17.8 Å². The van der Waals surface area contributed by atoms with Crippen LogP contribution in [0.15, 0.2) is 24.3 Å². The first kappa shape index (κ1) is 18.7. The van der Waals surface area contributed by atoms with Gasteiger partial charge in [-0.05, 0) is 43.4 Å². The Bertz CT molecular complexity index is 658. The number of ether oxygens (including phenoxy) is 1. The van der Waals surface area contributed by atoms with Gasteiger partial charge in [0.05, 0.1) is 0 Å². The van der Waals surface area contributed by atoms with E-state index in [0.717, 1.165) is 19.3 Å². The van der Waals surface area contributed by atoms with Gasteiger partial charge < -0.3 is 10.1 Å². The molecular formula is C19H22F3NO3. The molecule has 1 amide bonds. The van der Waals surface area contributed by atoms with Crippen molar-refractivity contribution in [1.82, 2.24) is 5.32 Å². The summed E-state index contributed by atoms with van der Waals surface area (Å²) in [6.45, 7) is -1.12. The topological polar surface area (TPSA) is 55.4 Å².